The smallest absolute Gasteiger partial charge is 0.320 e. The zero-order valence-electron chi connectivity index (χ0n) is 34.7. The Morgan fingerprint density at radius 2 is 1.64 bits per heavy atom. The Bertz CT molecular complexity index is 2480. The summed E-state index contributed by atoms with van der Waals surface area (Å²) in [4.78, 5) is 66.9. The lowest BCUT2D eigenvalue weighted by Crippen LogP contribution is -2.59. The van der Waals surface area contributed by atoms with Gasteiger partial charge in [0.15, 0.2) is 0 Å². The van der Waals surface area contributed by atoms with Gasteiger partial charge in [0.2, 0.25) is 0 Å². The molecule has 5 aromatic rings. The number of carbonyl (C=O) groups is 2. The van der Waals surface area contributed by atoms with E-state index in [1.54, 1.807) is 21.9 Å². The summed E-state index contributed by atoms with van der Waals surface area (Å²) < 4.78 is 44.3. The van der Waals surface area contributed by atoms with Crippen LogP contribution in [0.15, 0.2) is 95.0 Å². The van der Waals surface area contributed by atoms with Gasteiger partial charge in [-0.1, -0.05) is 43.2 Å². The Labute approximate surface area is 352 Å². The largest absolute Gasteiger partial charge is 0.480 e. The normalized spacial score (nSPS) is 20.1. The van der Waals surface area contributed by atoms with Crippen LogP contribution in [0.4, 0.5) is 18.0 Å². The van der Waals surface area contributed by atoms with Crippen molar-refractivity contribution in [3.63, 3.8) is 0 Å². The molecule has 0 bridgehead atoms. The summed E-state index contributed by atoms with van der Waals surface area (Å²) in [6.45, 7) is 7.47. The maximum atomic E-state index is 15.4. The number of likely N-dealkylation sites (tertiary alicyclic amines) is 2. The predicted octanol–water partition coefficient (Wildman–Crippen LogP) is 7.64. The van der Waals surface area contributed by atoms with E-state index in [1.807, 2.05) is 60.9 Å². The van der Waals surface area contributed by atoms with Crippen LogP contribution in [0, 0.1) is 28.8 Å². The van der Waals surface area contributed by atoms with Crippen molar-refractivity contribution in [3.8, 4) is 11.3 Å². The number of piperidine rings is 2. The minimum Gasteiger partial charge on any atom is -0.480 e. The molecule has 322 valence electrons. The number of nitrogens with one attached hydrogen (secondary N) is 1. The van der Waals surface area contributed by atoms with Crippen LogP contribution in [0.25, 0.3) is 22.2 Å². The summed E-state index contributed by atoms with van der Waals surface area (Å²) in [5.74, 6) is -2.39. The van der Waals surface area contributed by atoms with E-state index in [0.29, 0.717) is 43.7 Å². The first-order valence-electron chi connectivity index (χ1n) is 20.9. The minimum absolute atomic E-state index is 0.101. The van der Waals surface area contributed by atoms with Crippen molar-refractivity contribution in [1.29, 1.82) is 0 Å². The van der Waals surface area contributed by atoms with Gasteiger partial charge in [0.1, 0.15) is 17.5 Å². The number of amides is 2. The fraction of sp³-hybridized carbons (Fsp3) is 0.435. The third kappa shape index (κ3) is 9.72. The number of halogens is 3. The van der Waals surface area contributed by atoms with Gasteiger partial charge in [-0.15, -0.1) is 0 Å². The molecule has 8 rings (SSSR count). The number of nitrogens with zero attached hydrogens (tertiary/aromatic N) is 6. The monoisotopic (exact) mass is 839 g/mol. The molecular formula is C46H52F3N7O5. The van der Waals surface area contributed by atoms with Gasteiger partial charge in [0.25, 0.3) is 11.1 Å². The van der Waals surface area contributed by atoms with Crippen molar-refractivity contribution >= 4 is 22.9 Å². The first-order chi connectivity index (χ1) is 29.1. The van der Waals surface area contributed by atoms with E-state index in [2.05, 4.69) is 15.0 Å². The van der Waals surface area contributed by atoms with E-state index in [1.165, 1.54) is 30.6 Å². The van der Waals surface area contributed by atoms with Crippen LogP contribution in [0.2, 0.25) is 0 Å². The van der Waals surface area contributed by atoms with Gasteiger partial charge >= 0.3 is 12.0 Å². The number of fused-ring (bicyclic) bond motifs is 1. The molecule has 1 spiro atoms. The molecule has 2 N–H and O–H groups in total. The number of aromatic amines is 1. The Morgan fingerprint density at radius 1 is 0.918 bits per heavy atom. The van der Waals surface area contributed by atoms with E-state index < -0.39 is 35.0 Å². The third-order valence-corrected chi connectivity index (χ3v) is 12.7. The number of hydrogen-bond acceptors (Lipinski definition) is 7. The quantitative estimate of drug-likeness (QED) is 0.170. The summed E-state index contributed by atoms with van der Waals surface area (Å²) in [7, 11) is 0. The lowest BCUT2D eigenvalue weighted by Gasteiger charge is -2.51. The predicted molar refractivity (Wildman–Crippen MR) is 225 cm³/mol. The topological polar surface area (TPSA) is 145 Å². The second-order valence-electron chi connectivity index (χ2n) is 17.5. The SMILES string of the molecule is CC(C)(C)N(CC(=O)O)[C@@H]1CCN(C(=O)N2CC[C@@H](Cn3cnc(-c4ccccc4)cc3=O)C3(CCCC3)C2)[C@H](c2cc(F)ccc2F)C1.O=c1[nH]cnc2ccc(F)cc12. The Hall–Kier alpha value is -5.83. The highest BCUT2D eigenvalue weighted by atomic mass is 19.1. The number of benzene rings is 3. The average molecular weight is 840 g/mol. The number of carboxylic acid groups (broad SMARTS) is 1. The molecule has 0 unspecified atom stereocenters. The molecule has 1 saturated carbocycles. The fourth-order valence-electron chi connectivity index (χ4n) is 9.67. The Morgan fingerprint density at radius 3 is 2.34 bits per heavy atom. The maximum Gasteiger partial charge on any atom is 0.320 e. The van der Waals surface area contributed by atoms with Crippen LogP contribution < -0.4 is 11.1 Å². The second-order valence-corrected chi connectivity index (χ2v) is 17.5. The number of aliphatic carboxylic acids is 1. The Kier molecular flexibility index (Phi) is 12.8. The zero-order chi connectivity index (χ0) is 43.5. The van der Waals surface area contributed by atoms with E-state index in [-0.39, 0.29) is 65.0 Å². The van der Waals surface area contributed by atoms with Gasteiger partial charge in [0, 0.05) is 55.0 Å². The second kappa shape index (κ2) is 18.0. The number of H-pyrrole nitrogens is 1. The van der Waals surface area contributed by atoms with Crippen molar-refractivity contribution in [2.24, 2.45) is 11.3 Å². The van der Waals surface area contributed by atoms with E-state index in [4.69, 9.17) is 0 Å². The van der Waals surface area contributed by atoms with Gasteiger partial charge in [0.05, 0.1) is 41.8 Å². The summed E-state index contributed by atoms with van der Waals surface area (Å²) in [5.41, 5.74) is 1.07. The molecular weight excluding hydrogens is 788 g/mol. The number of aromatic nitrogens is 4. The number of carbonyl (C=O) groups excluding carboxylic acids is 1. The number of urea groups is 1. The van der Waals surface area contributed by atoms with E-state index in [0.717, 1.165) is 43.4 Å². The van der Waals surface area contributed by atoms with Crippen molar-refractivity contribution < 1.29 is 27.9 Å². The minimum atomic E-state index is -0.961. The molecule has 61 heavy (non-hydrogen) atoms. The van der Waals surface area contributed by atoms with Crippen LogP contribution in [0.3, 0.4) is 0 Å². The highest BCUT2D eigenvalue weighted by Gasteiger charge is 2.48. The zero-order valence-corrected chi connectivity index (χ0v) is 34.7. The summed E-state index contributed by atoms with van der Waals surface area (Å²) >= 11 is 0. The lowest BCUT2D eigenvalue weighted by atomic mass is 9.69. The van der Waals surface area contributed by atoms with Crippen molar-refractivity contribution in [2.45, 2.75) is 89.9 Å². The van der Waals surface area contributed by atoms with Crippen molar-refractivity contribution in [2.75, 3.05) is 26.2 Å². The molecule has 0 radical (unpaired) electrons. The molecule has 2 aliphatic heterocycles. The van der Waals surface area contributed by atoms with Crippen molar-refractivity contribution in [3.05, 3.63) is 129 Å². The fourth-order valence-corrected chi connectivity index (χ4v) is 9.67. The highest BCUT2D eigenvalue weighted by Crippen LogP contribution is 2.50. The molecule has 4 heterocycles. The summed E-state index contributed by atoms with van der Waals surface area (Å²) in [6, 6.07) is 17.2. The van der Waals surface area contributed by atoms with Gasteiger partial charge in [-0.05, 0) is 101 Å². The lowest BCUT2D eigenvalue weighted by molar-refractivity contribution is -0.141. The molecule has 2 saturated heterocycles. The highest BCUT2D eigenvalue weighted by molar-refractivity contribution is 5.77. The molecule has 3 aliphatic rings. The standard InChI is InChI=1S/C38H47F2N5O4.C8H5FN2O/c1-37(2,3)45(23-35(47)48)29-14-18-44(33(20-29)30-19-28(39)11-12-31(30)40)36(49)42-17-13-27(38(24-42)15-7-8-16-38)22-43-25-41-32(21-34(43)46)26-9-5-4-6-10-26;9-5-1-2-7-6(3-5)8(12)11-4-10-7/h4-6,9-12,19,21,25,27,29,33H,7-8,13-18,20,22-24H2,1-3H3,(H,47,48);1-4H,(H,10,11,12)/t27-,29+,33-;/m0./s1. The van der Waals surface area contributed by atoms with E-state index in [9.17, 15) is 33.1 Å². The summed E-state index contributed by atoms with van der Waals surface area (Å²) in [5, 5.41) is 9.97. The number of rotatable bonds is 7. The first kappa shape index (κ1) is 43.3. The average Bonchev–Trinajstić information content (AvgIpc) is 3.70. The van der Waals surface area contributed by atoms with Crippen LogP contribution >= 0.6 is 0 Å². The molecule has 2 amide bonds. The maximum absolute atomic E-state index is 15.4. The van der Waals surface area contributed by atoms with Gasteiger partial charge in [-0.2, -0.15) is 0 Å². The van der Waals surface area contributed by atoms with E-state index >= 15 is 4.39 Å². The first-order valence-corrected chi connectivity index (χ1v) is 20.9. The molecule has 3 atom stereocenters. The van der Waals surface area contributed by atoms with Gasteiger partial charge < -0.3 is 19.9 Å². The van der Waals surface area contributed by atoms with Gasteiger partial charge in [-0.25, -0.2) is 27.9 Å². The third-order valence-electron chi connectivity index (χ3n) is 12.7. The number of carboxylic acids is 1. The molecule has 3 aromatic carbocycles. The Balaban J connectivity index is 0.000000399. The van der Waals surface area contributed by atoms with Crippen LogP contribution in [0.5, 0.6) is 0 Å². The van der Waals surface area contributed by atoms with Crippen LogP contribution in [-0.2, 0) is 11.3 Å². The van der Waals surface area contributed by atoms with Crippen molar-refractivity contribution in [1.82, 2.24) is 34.2 Å². The van der Waals surface area contributed by atoms with Crippen LogP contribution in [-0.4, -0.2) is 89.1 Å². The van der Waals surface area contributed by atoms with Gasteiger partial charge in [-0.3, -0.25) is 23.9 Å². The molecule has 1 aliphatic carbocycles. The molecule has 3 fully saturated rings. The number of hydrogen-bond donors (Lipinski definition) is 2. The molecule has 2 aromatic heterocycles. The molecule has 12 nitrogen and oxygen atoms in total. The van der Waals surface area contributed by atoms with Crippen LogP contribution in [0.1, 0.15) is 77.3 Å². The summed E-state index contributed by atoms with van der Waals surface area (Å²) in [6.07, 6.45) is 8.44. The molecule has 15 heteroatoms.